The van der Waals surface area contributed by atoms with Crippen molar-refractivity contribution in [2.24, 2.45) is 14.1 Å². The van der Waals surface area contributed by atoms with Gasteiger partial charge in [-0.15, -0.1) is 0 Å². The molecule has 7 heteroatoms. The van der Waals surface area contributed by atoms with Crippen LogP contribution in [0.5, 0.6) is 0 Å². The van der Waals surface area contributed by atoms with Crippen LogP contribution >= 0.6 is 0 Å². The van der Waals surface area contributed by atoms with Gasteiger partial charge in [-0.1, -0.05) is 12.1 Å². The molecule has 0 radical (unpaired) electrons. The van der Waals surface area contributed by atoms with Crippen LogP contribution in [-0.4, -0.2) is 44.4 Å². The normalized spacial score (nSPS) is 17.8. The van der Waals surface area contributed by atoms with Crippen molar-refractivity contribution in [3.05, 3.63) is 42.2 Å². The molecule has 4 rings (SSSR count). The molecule has 1 aromatic carbocycles. The van der Waals surface area contributed by atoms with Gasteiger partial charge >= 0.3 is 0 Å². The Balaban J connectivity index is 1.51. The number of fused-ring (bicyclic) bond motifs is 1. The second-order valence-electron chi connectivity index (χ2n) is 6.56. The third-order valence-corrected chi connectivity index (χ3v) is 4.86. The van der Waals surface area contributed by atoms with Gasteiger partial charge in [0.2, 0.25) is 5.95 Å². The number of imidazole rings is 1. The summed E-state index contributed by atoms with van der Waals surface area (Å²) >= 11 is 0. The van der Waals surface area contributed by atoms with Crippen molar-refractivity contribution in [2.45, 2.75) is 18.9 Å². The average molecular weight is 338 g/mol. The number of para-hydroxylation sites is 2. The summed E-state index contributed by atoms with van der Waals surface area (Å²) in [6, 6.07) is 9.99. The highest BCUT2D eigenvalue weighted by atomic mass is 16.2. The van der Waals surface area contributed by atoms with Crippen molar-refractivity contribution in [3.63, 3.8) is 0 Å². The van der Waals surface area contributed by atoms with Gasteiger partial charge in [0.1, 0.15) is 5.69 Å². The standard InChI is InChI=1S/C18H22N6O/c1-22-15-8-4-3-7-14(15)21-18(22)24-11-5-6-13(12-24)20-17(25)16-9-10-19-23(16)2/h3-4,7-10,13H,5-6,11-12H2,1-2H3,(H,20,25). The molecule has 1 aliphatic rings. The monoisotopic (exact) mass is 338 g/mol. The highest BCUT2D eigenvalue weighted by Gasteiger charge is 2.25. The second kappa shape index (κ2) is 6.23. The number of aromatic nitrogens is 4. The Hall–Kier alpha value is -2.83. The molecule has 1 aliphatic heterocycles. The first-order valence-corrected chi connectivity index (χ1v) is 8.59. The highest BCUT2D eigenvalue weighted by molar-refractivity contribution is 5.92. The van der Waals surface area contributed by atoms with E-state index in [9.17, 15) is 4.79 Å². The predicted molar refractivity (Wildman–Crippen MR) is 96.6 cm³/mol. The summed E-state index contributed by atoms with van der Waals surface area (Å²) in [7, 11) is 3.82. The largest absolute Gasteiger partial charge is 0.346 e. The Morgan fingerprint density at radius 2 is 2.08 bits per heavy atom. The zero-order chi connectivity index (χ0) is 17.4. The zero-order valence-electron chi connectivity index (χ0n) is 14.5. The molecule has 1 amide bonds. The summed E-state index contributed by atoms with van der Waals surface area (Å²) in [5, 5.41) is 7.20. The molecule has 2 aromatic heterocycles. The van der Waals surface area contributed by atoms with Gasteiger partial charge in [0, 0.05) is 39.4 Å². The van der Waals surface area contributed by atoms with Gasteiger partial charge in [-0.2, -0.15) is 5.10 Å². The number of amides is 1. The highest BCUT2D eigenvalue weighted by Crippen LogP contribution is 2.24. The molecular weight excluding hydrogens is 316 g/mol. The first-order chi connectivity index (χ1) is 12.1. The van der Waals surface area contributed by atoms with E-state index in [1.165, 1.54) is 0 Å². The number of anilines is 1. The Kier molecular flexibility index (Phi) is 3.91. The zero-order valence-corrected chi connectivity index (χ0v) is 14.5. The quantitative estimate of drug-likeness (QED) is 0.789. The molecule has 0 spiro atoms. The van der Waals surface area contributed by atoms with E-state index < -0.39 is 0 Å². The molecule has 1 fully saturated rings. The van der Waals surface area contributed by atoms with Gasteiger partial charge in [-0.3, -0.25) is 9.48 Å². The van der Waals surface area contributed by atoms with Gasteiger partial charge in [0.25, 0.3) is 5.91 Å². The van der Waals surface area contributed by atoms with E-state index >= 15 is 0 Å². The fourth-order valence-corrected chi connectivity index (χ4v) is 3.55. The van der Waals surface area contributed by atoms with Crippen molar-refractivity contribution >= 4 is 22.9 Å². The van der Waals surface area contributed by atoms with Crippen LogP contribution in [0.25, 0.3) is 11.0 Å². The van der Waals surface area contributed by atoms with Gasteiger partial charge < -0.3 is 14.8 Å². The van der Waals surface area contributed by atoms with Gasteiger partial charge in [-0.25, -0.2) is 4.98 Å². The van der Waals surface area contributed by atoms with Crippen molar-refractivity contribution in [1.29, 1.82) is 0 Å². The lowest BCUT2D eigenvalue weighted by Crippen LogP contribution is -2.48. The van der Waals surface area contributed by atoms with Crippen LogP contribution in [-0.2, 0) is 14.1 Å². The maximum atomic E-state index is 12.4. The predicted octanol–water partition coefficient (Wildman–Crippen LogP) is 1.71. The Labute approximate surface area is 146 Å². The van der Waals surface area contributed by atoms with E-state index in [0.717, 1.165) is 42.9 Å². The van der Waals surface area contributed by atoms with Gasteiger partial charge in [0.05, 0.1) is 11.0 Å². The molecule has 1 saturated heterocycles. The maximum Gasteiger partial charge on any atom is 0.269 e. The van der Waals surface area contributed by atoms with Crippen molar-refractivity contribution in [1.82, 2.24) is 24.6 Å². The summed E-state index contributed by atoms with van der Waals surface area (Å²) in [5.41, 5.74) is 2.71. The SMILES string of the molecule is Cn1nccc1C(=O)NC1CCCN(c2nc3ccccc3n2C)C1. The lowest BCUT2D eigenvalue weighted by atomic mass is 10.1. The lowest BCUT2D eigenvalue weighted by Gasteiger charge is -2.33. The van der Waals surface area contributed by atoms with Crippen molar-refractivity contribution < 1.29 is 4.79 Å². The maximum absolute atomic E-state index is 12.4. The van der Waals surface area contributed by atoms with E-state index in [1.54, 1.807) is 24.0 Å². The molecule has 0 saturated carbocycles. The minimum absolute atomic E-state index is 0.0724. The second-order valence-corrected chi connectivity index (χ2v) is 6.56. The molecule has 25 heavy (non-hydrogen) atoms. The summed E-state index contributed by atoms with van der Waals surface area (Å²) in [4.78, 5) is 19.5. The first-order valence-electron chi connectivity index (χ1n) is 8.59. The summed E-state index contributed by atoms with van der Waals surface area (Å²) in [6.45, 7) is 1.72. The molecule has 0 bridgehead atoms. The smallest absolute Gasteiger partial charge is 0.269 e. The minimum Gasteiger partial charge on any atom is -0.346 e. The van der Waals surface area contributed by atoms with Crippen LogP contribution in [0.3, 0.4) is 0 Å². The van der Waals surface area contributed by atoms with E-state index in [0.29, 0.717) is 5.69 Å². The van der Waals surface area contributed by atoms with Crippen molar-refractivity contribution in [2.75, 3.05) is 18.0 Å². The summed E-state index contributed by atoms with van der Waals surface area (Å²) in [6.07, 6.45) is 3.64. The van der Waals surface area contributed by atoms with E-state index in [-0.39, 0.29) is 11.9 Å². The first kappa shape index (κ1) is 15.7. The fourth-order valence-electron chi connectivity index (χ4n) is 3.55. The minimum atomic E-state index is -0.0724. The third-order valence-electron chi connectivity index (χ3n) is 4.86. The van der Waals surface area contributed by atoms with Crippen LogP contribution in [0.2, 0.25) is 0 Å². The molecule has 7 nitrogen and oxygen atoms in total. The van der Waals surface area contributed by atoms with Crippen molar-refractivity contribution in [3.8, 4) is 0 Å². The average Bonchev–Trinajstić information content (AvgIpc) is 3.19. The lowest BCUT2D eigenvalue weighted by molar-refractivity contribution is 0.0923. The number of nitrogens with one attached hydrogen (secondary N) is 1. The van der Waals surface area contributed by atoms with E-state index in [1.807, 2.05) is 25.2 Å². The van der Waals surface area contributed by atoms with Crippen LogP contribution in [0, 0.1) is 0 Å². The topological polar surface area (TPSA) is 68.0 Å². The number of carbonyl (C=O) groups is 1. The molecule has 1 unspecified atom stereocenters. The fraction of sp³-hybridized carbons (Fsp3) is 0.389. The number of aryl methyl sites for hydroxylation is 2. The number of benzene rings is 1. The Bertz CT molecular complexity index is 911. The molecule has 3 aromatic rings. The van der Waals surface area contributed by atoms with Crippen LogP contribution in [0.1, 0.15) is 23.3 Å². The third kappa shape index (κ3) is 2.86. The van der Waals surface area contributed by atoms with Gasteiger partial charge in [0.15, 0.2) is 0 Å². The number of carbonyl (C=O) groups excluding carboxylic acids is 1. The van der Waals surface area contributed by atoms with E-state index in [2.05, 4.69) is 25.9 Å². The van der Waals surface area contributed by atoms with E-state index in [4.69, 9.17) is 4.98 Å². The Morgan fingerprint density at radius 1 is 1.24 bits per heavy atom. The van der Waals surface area contributed by atoms with Crippen LogP contribution < -0.4 is 10.2 Å². The number of hydrogen-bond donors (Lipinski definition) is 1. The van der Waals surface area contributed by atoms with Crippen LogP contribution in [0.15, 0.2) is 36.5 Å². The molecule has 1 N–H and O–H groups in total. The number of hydrogen-bond acceptors (Lipinski definition) is 4. The summed E-state index contributed by atoms with van der Waals surface area (Å²) < 4.78 is 3.72. The summed E-state index contributed by atoms with van der Waals surface area (Å²) in [5.74, 6) is 0.887. The molecule has 130 valence electrons. The molecule has 0 aliphatic carbocycles. The number of nitrogens with zero attached hydrogens (tertiary/aromatic N) is 5. The molecular formula is C18H22N6O. The number of rotatable bonds is 3. The Morgan fingerprint density at radius 3 is 2.84 bits per heavy atom. The van der Waals surface area contributed by atoms with Gasteiger partial charge in [-0.05, 0) is 31.0 Å². The molecule has 1 atom stereocenters. The number of piperidine rings is 1. The molecule has 3 heterocycles. The van der Waals surface area contributed by atoms with Crippen LogP contribution in [0.4, 0.5) is 5.95 Å².